The molecule has 1 aromatic carbocycles. The van der Waals surface area contributed by atoms with Crippen molar-refractivity contribution in [1.82, 2.24) is 28.9 Å². The summed E-state index contributed by atoms with van der Waals surface area (Å²) in [5.74, 6) is 0.463. The van der Waals surface area contributed by atoms with Crippen LogP contribution in [0, 0.1) is 0 Å². The highest BCUT2D eigenvalue weighted by Gasteiger charge is 2.26. The fourth-order valence-corrected chi connectivity index (χ4v) is 4.41. The van der Waals surface area contributed by atoms with Crippen LogP contribution in [0.15, 0.2) is 35.5 Å². The molecule has 30 heavy (non-hydrogen) atoms. The molecule has 5 rings (SSSR count). The van der Waals surface area contributed by atoms with E-state index in [0.717, 1.165) is 30.7 Å². The van der Waals surface area contributed by atoms with Crippen molar-refractivity contribution in [2.75, 3.05) is 6.61 Å². The number of benzene rings is 1. The molecule has 1 atom stereocenters. The molecule has 0 spiro atoms. The number of imidazole rings is 1. The molecular formula is C21H23ClN6O2. The number of hydrogen-bond acceptors (Lipinski definition) is 5. The molecule has 1 aliphatic rings. The number of para-hydroxylation sites is 1. The fourth-order valence-electron chi connectivity index (χ4n) is 4.14. The van der Waals surface area contributed by atoms with Gasteiger partial charge in [-0.3, -0.25) is 9.20 Å². The first-order chi connectivity index (χ1) is 14.4. The van der Waals surface area contributed by atoms with Gasteiger partial charge < -0.3 is 9.30 Å². The van der Waals surface area contributed by atoms with Crippen molar-refractivity contribution in [2.45, 2.75) is 51.7 Å². The molecule has 4 heterocycles. The minimum absolute atomic E-state index is 0.00694. The first-order valence-electron chi connectivity index (χ1n) is 10.1. The predicted octanol–water partition coefficient (Wildman–Crippen LogP) is 3.36. The van der Waals surface area contributed by atoms with Crippen molar-refractivity contribution in [1.29, 1.82) is 0 Å². The van der Waals surface area contributed by atoms with E-state index in [1.165, 1.54) is 0 Å². The molecule has 0 bridgehead atoms. The van der Waals surface area contributed by atoms with E-state index in [4.69, 9.17) is 16.3 Å². The van der Waals surface area contributed by atoms with Crippen molar-refractivity contribution in [3.8, 4) is 5.82 Å². The molecule has 156 valence electrons. The average molecular weight is 427 g/mol. The van der Waals surface area contributed by atoms with E-state index in [0.29, 0.717) is 28.4 Å². The number of ether oxygens (including phenoxy) is 1. The van der Waals surface area contributed by atoms with Gasteiger partial charge in [0.05, 0.1) is 40.6 Å². The summed E-state index contributed by atoms with van der Waals surface area (Å²) in [6, 6.07) is 5.62. The number of rotatable bonds is 3. The lowest BCUT2D eigenvalue weighted by molar-refractivity contribution is 0.0973. The van der Waals surface area contributed by atoms with E-state index in [-0.39, 0.29) is 17.1 Å². The number of hydrogen-bond donors (Lipinski definition) is 0. The summed E-state index contributed by atoms with van der Waals surface area (Å²) in [5.41, 5.74) is 2.43. The van der Waals surface area contributed by atoms with Crippen LogP contribution in [0.2, 0.25) is 5.02 Å². The lowest BCUT2D eigenvalue weighted by Crippen LogP contribution is -2.29. The Bertz CT molecular complexity index is 1310. The molecule has 1 fully saturated rings. The molecule has 0 aliphatic carbocycles. The molecule has 1 unspecified atom stereocenters. The molecule has 0 amide bonds. The minimum atomic E-state index is -0.212. The molecule has 0 saturated carbocycles. The number of nitrogens with zero attached hydrogens (tertiary/aromatic N) is 6. The van der Waals surface area contributed by atoms with Crippen molar-refractivity contribution >= 4 is 28.2 Å². The van der Waals surface area contributed by atoms with E-state index in [9.17, 15) is 4.79 Å². The Morgan fingerprint density at radius 2 is 2.10 bits per heavy atom. The number of fused-ring (bicyclic) bond motifs is 3. The molecule has 1 aliphatic heterocycles. The third-order valence-electron chi connectivity index (χ3n) is 5.62. The summed E-state index contributed by atoms with van der Waals surface area (Å²) >= 11 is 6.55. The molecule has 4 aromatic rings. The normalized spacial score (nSPS) is 17.4. The van der Waals surface area contributed by atoms with Gasteiger partial charge in [-0.05, 0) is 25.0 Å². The summed E-state index contributed by atoms with van der Waals surface area (Å²) in [5, 5.41) is 8.84. The molecule has 0 radical (unpaired) electrons. The summed E-state index contributed by atoms with van der Waals surface area (Å²) in [4.78, 5) is 18.3. The standard InChI is InChI=1S/C21H23ClN6O2/c1-21(2,3)16-10-24-25-28(16)19-18-20(29)26(11-13-6-5-9-30-13)17-14(22)7-4-8-15(17)27(18)12-23-19/h4,7-8,10,12-13H,5-6,9,11H2,1-3H3. The van der Waals surface area contributed by atoms with Gasteiger partial charge in [-0.1, -0.05) is 43.7 Å². The summed E-state index contributed by atoms with van der Waals surface area (Å²) in [6.45, 7) is 7.39. The third-order valence-corrected chi connectivity index (χ3v) is 5.92. The average Bonchev–Trinajstić information content (AvgIpc) is 3.44. The van der Waals surface area contributed by atoms with E-state index < -0.39 is 0 Å². The van der Waals surface area contributed by atoms with Gasteiger partial charge in [0.2, 0.25) is 0 Å². The minimum Gasteiger partial charge on any atom is -0.376 e. The van der Waals surface area contributed by atoms with Crippen molar-refractivity contribution < 1.29 is 4.74 Å². The fraction of sp³-hybridized carbons (Fsp3) is 0.429. The summed E-state index contributed by atoms with van der Waals surface area (Å²) in [6.07, 6.45) is 5.28. The molecule has 8 nitrogen and oxygen atoms in total. The lowest BCUT2D eigenvalue weighted by Gasteiger charge is -2.19. The highest BCUT2D eigenvalue weighted by molar-refractivity contribution is 6.35. The second-order valence-corrected chi connectivity index (χ2v) is 9.13. The third kappa shape index (κ3) is 2.94. The maximum Gasteiger partial charge on any atom is 0.279 e. The first-order valence-corrected chi connectivity index (χ1v) is 10.5. The van der Waals surface area contributed by atoms with Crippen LogP contribution in [-0.4, -0.2) is 41.7 Å². The maximum absolute atomic E-state index is 13.7. The van der Waals surface area contributed by atoms with Crippen LogP contribution in [0.1, 0.15) is 39.3 Å². The first kappa shape index (κ1) is 19.3. The summed E-state index contributed by atoms with van der Waals surface area (Å²) < 4.78 is 11.0. The Morgan fingerprint density at radius 1 is 1.27 bits per heavy atom. The zero-order chi connectivity index (χ0) is 21.0. The van der Waals surface area contributed by atoms with E-state index in [2.05, 4.69) is 36.1 Å². The Kier molecular flexibility index (Phi) is 4.44. The van der Waals surface area contributed by atoms with Crippen LogP contribution in [-0.2, 0) is 16.7 Å². The quantitative estimate of drug-likeness (QED) is 0.502. The van der Waals surface area contributed by atoms with E-state index >= 15 is 0 Å². The van der Waals surface area contributed by atoms with Crippen molar-refractivity contribution in [3.05, 3.63) is 51.8 Å². The summed E-state index contributed by atoms with van der Waals surface area (Å²) in [7, 11) is 0. The highest BCUT2D eigenvalue weighted by Crippen LogP contribution is 2.28. The Balaban J connectivity index is 1.83. The Hall–Kier alpha value is -2.71. The Morgan fingerprint density at radius 3 is 2.83 bits per heavy atom. The van der Waals surface area contributed by atoms with Gasteiger partial charge in [-0.25, -0.2) is 4.98 Å². The lowest BCUT2D eigenvalue weighted by atomic mass is 9.93. The zero-order valence-corrected chi connectivity index (χ0v) is 17.9. The van der Waals surface area contributed by atoms with Gasteiger partial charge in [0.1, 0.15) is 6.33 Å². The predicted molar refractivity (Wildman–Crippen MR) is 115 cm³/mol. The molecule has 0 N–H and O–H groups in total. The van der Waals surface area contributed by atoms with Gasteiger partial charge >= 0.3 is 0 Å². The second-order valence-electron chi connectivity index (χ2n) is 8.73. The van der Waals surface area contributed by atoms with Crippen molar-refractivity contribution in [3.63, 3.8) is 0 Å². The van der Waals surface area contributed by atoms with Gasteiger partial charge in [0, 0.05) is 12.0 Å². The van der Waals surface area contributed by atoms with Gasteiger partial charge in [0.15, 0.2) is 11.3 Å². The number of aromatic nitrogens is 6. The largest absolute Gasteiger partial charge is 0.376 e. The topological polar surface area (TPSA) is 79.2 Å². The molecule has 1 saturated heterocycles. The molecular weight excluding hydrogens is 404 g/mol. The molecule has 9 heteroatoms. The smallest absolute Gasteiger partial charge is 0.279 e. The van der Waals surface area contributed by atoms with Crippen LogP contribution in [0.3, 0.4) is 0 Å². The van der Waals surface area contributed by atoms with Crippen LogP contribution in [0.4, 0.5) is 0 Å². The van der Waals surface area contributed by atoms with Gasteiger partial charge in [0.25, 0.3) is 5.56 Å². The number of halogens is 1. The van der Waals surface area contributed by atoms with Gasteiger partial charge in [-0.15, -0.1) is 5.10 Å². The SMILES string of the molecule is CC(C)(C)c1cnnn1-c1ncn2c1c(=O)n(CC1CCCO1)c1c(Cl)cccc12. The molecule has 3 aromatic heterocycles. The monoisotopic (exact) mass is 426 g/mol. The van der Waals surface area contributed by atoms with Crippen LogP contribution in [0.5, 0.6) is 0 Å². The van der Waals surface area contributed by atoms with E-state index in [1.807, 2.05) is 12.1 Å². The Labute approximate surface area is 178 Å². The van der Waals surface area contributed by atoms with Crippen LogP contribution in [0.25, 0.3) is 22.4 Å². The van der Waals surface area contributed by atoms with Crippen LogP contribution < -0.4 is 5.56 Å². The van der Waals surface area contributed by atoms with Crippen LogP contribution >= 0.6 is 11.6 Å². The van der Waals surface area contributed by atoms with E-state index in [1.54, 1.807) is 32.2 Å². The second kappa shape index (κ2) is 6.92. The maximum atomic E-state index is 13.7. The van der Waals surface area contributed by atoms with Gasteiger partial charge in [-0.2, -0.15) is 4.68 Å². The van der Waals surface area contributed by atoms with Crippen molar-refractivity contribution in [2.24, 2.45) is 0 Å². The zero-order valence-electron chi connectivity index (χ0n) is 17.2. The highest BCUT2D eigenvalue weighted by atomic mass is 35.5.